The number of aromatic nitrogens is 15. The standard InChI is InChI=1S/C12H13FN4.C12H13N3O2S.C11H8N4O2.C10H10BrN3O2S.C10H11N3O2S.ClH/c13-9-3-1-2-8(6-9)12-15-11-7-10(14)4-5-17(11)16-12;1-6-10(7-3-4-7)18-11(14-6)8-5-13-15(2)9(8)12(16)17;1-15-10(11(16)17)8(6-13-15)9-4-2-3-7(5-12)14-9;1-5-9(11)17-10(13-5)6-3-12-14(2)8(6)7(16)4-15;1-5-8(12-6(2)16-5)7-4-11-13(3)9(7)10(14)15;/h1-3,6,10H,4-5,7,14H2;5,7H,3-4H2,1-2H3,(H,16,17);2-4,6H,1H3,(H,16,17);3,15H,4H2,1-2H3;4H,1-3H3,(H,14,15);1H. The summed E-state index contributed by atoms with van der Waals surface area (Å²) in [7, 11) is 6.46. The first-order valence-corrected chi connectivity index (χ1v) is 29.0. The zero-order chi connectivity index (χ0) is 61.6. The number of nitrogens with two attached hydrogens (primary N) is 1. The van der Waals surface area contributed by atoms with Crippen molar-refractivity contribution in [2.24, 2.45) is 33.9 Å². The molecule has 12 rings (SSSR count). The molecule has 1 unspecified atom stereocenters. The number of halogens is 3. The number of hydrogen-bond donors (Lipinski definition) is 5. The van der Waals surface area contributed by atoms with Gasteiger partial charge in [-0.05, 0) is 93.1 Å². The molecule has 1 aromatic carbocycles. The van der Waals surface area contributed by atoms with Crippen LogP contribution >= 0.6 is 62.3 Å². The lowest BCUT2D eigenvalue weighted by Crippen LogP contribution is -2.31. The molecule has 10 aromatic rings. The molecule has 1 aliphatic heterocycles. The zero-order valence-corrected chi connectivity index (χ0v) is 52.1. The number of aromatic carboxylic acids is 3. The molecule has 25 nitrogen and oxygen atoms in total. The van der Waals surface area contributed by atoms with Crippen LogP contribution in [0.5, 0.6) is 0 Å². The number of ketones is 1. The van der Waals surface area contributed by atoms with Crippen molar-refractivity contribution in [3.05, 3.63) is 137 Å². The fourth-order valence-corrected chi connectivity index (χ4v) is 12.3. The molecule has 1 saturated carbocycles. The Labute approximate surface area is 516 Å². The van der Waals surface area contributed by atoms with Crippen LogP contribution in [0.3, 0.4) is 0 Å². The molecule has 86 heavy (non-hydrogen) atoms. The van der Waals surface area contributed by atoms with Gasteiger partial charge in [0, 0.05) is 62.5 Å². The number of nitriles is 1. The Hall–Kier alpha value is -8.57. The SMILES string of the molecule is Cc1nc(-c2cnn(C)c2C(=O)CO)sc1Br.Cc1nc(-c2cnn(C)c2C(=O)O)c(C)s1.Cc1nc(-c2cnn(C)c2C(=O)O)sc1C1CC1.Cl.Cn1ncc(-c2cccc(C#N)n2)c1C(=O)O.NC1CCn2nc(-c3cccc(F)c3)nc2C1. The maximum atomic E-state index is 13.1. The smallest absolute Gasteiger partial charge is 0.354 e. The van der Waals surface area contributed by atoms with E-state index < -0.39 is 24.5 Å². The number of carbonyl (C=O) groups excluding carboxylic acids is 1. The summed E-state index contributed by atoms with van der Waals surface area (Å²) in [6, 6.07) is 13.2. The van der Waals surface area contributed by atoms with E-state index in [1.165, 1.54) is 66.1 Å². The minimum absolute atomic E-state index is 0. The van der Waals surface area contributed by atoms with Gasteiger partial charge in [-0.3, -0.25) is 23.5 Å². The van der Waals surface area contributed by atoms with Crippen LogP contribution in [0.4, 0.5) is 4.39 Å². The lowest BCUT2D eigenvalue weighted by atomic mass is 10.1. The number of fused-ring (bicyclic) bond motifs is 1. The van der Waals surface area contributed by atoms with E-state index >= 15 is 0 Å². The highest BCUT2D eigenvalue weighted by molar-refractivity contribution is 9.11. The lowest BCUT2D eigenvalue weighted by molar-refractivity contribution is 0.0675. The molecule has 0 bridgehead atoms. The normalized spacial score (nSPS) is 13.0. The van der Waals surface area contributed by atoms with Crippen molar-refractivity contribution in [2.75, 3.05) is 6.61 Å². The molecule has 1 atom stereocenters. The predicted molar refractivity (Wildman–Crippen MR) is 324 cm³/mol. The molecule has 0 radical (unpaired) electrons. The van der Waals surface area contributed by atoms with Gasteiger partial charge in [0.2, 0.25) is 5.78 Å². The van der Waals surface area contributed by atoms with Crippen molar-refractivity contribution in [1.82, 2.24) is 73.8 Å². The van der Waals surface area contributed by atoms with Crippen LogP contribution in [0, 0.1) is 44.8 Å². The number of thiazole rings is 3. The maximum absolute atomic E-state index is 13.1. The van der Waals surface area contributed by atoms with Crippen LogP contribution in [0.2, 0.25) is 0 Å². The van der Waals surface area contributed by atoms with E-state index in [-0.39, 0.29) is 52.8 Å². The number of aliphatic hydroxyl groups excluding tert-OH is 1. The Morgan fingerprint density at radius 3 is 1.80 bits per heavy atom. The summed E-state index contributed by atoms with van der Waals surface area (Å²) in [6.07, 6.45) is 10.2. The Bertz CT molecular complexity index is 4150. The number of carboxylic acid groups (broad SMARTS) is 3. The van der Waals surface area contributed by atoms with E-state index in [0.29, 0.717) is 56.6 Å². The third-order valence-electron chi connectivity index (χ3n) is 13.0. The second-order valence-corrected chi connectivity index (χ2v) is 24.0. The number of carboxylic acids is 3. The number of benzene rings is 1. The second-order valence-electron chi connectivity index (χ2n) is 19.2. The van der Waals surface area contributed by atoms with Gasteiger partial charge in [-0.15, -0.1) is 46.4 Å². The summed E-state index contributed by atoms with van der Waals surface area (Å²) >= 11 is 7.99. The topological polar surface area (TPSA) is 353 Å². The van der Waals surface area contributed by atoms with E-state index in [1.54, 1.807) is 93.7 Å². The van der Waals surface area contributed by atoms with Crippen molar-refractivity contribution in [1.29, 1.82) is 5.26 Å². The van der Waals surface area contributed by atoms with Gasteiger partial charge in [0.25, 0.3) is 0 Å². The third kappa shape index (κ3) is 14.9. The van der Waals surface area contributed by atoms with Gasteiger partial charge >= 0.3 is 17.9 Å². The van der Waals surface area contributed by atoms with E-state index in [1.807, 2.05) is 44.5 Å². The first-order chi connectivity index (χ1) is 40.5. The molecule has 10 heterocycles. The first-order valence-electron chi connectivity index (χ1n) is 25.8. The number of carbonyl (C=O) groups is 4. The summed E-state index contributed by atoms with van der Waals surface area (Å²) < 4.78 is 21.4. The molecule has 448 valence electrons. The Morgan fingerprint density at radius 2 is 1.26 bits per heavy atom. The number of aliphatic hydroxyl groups is 1. The van der Waals surface area contributed by atoms with Crippen molar-refractivity contribution >= 4 is 86.0 Å². The van der Waals surface area contributed by atoms with Crippen molar-refractivity contribution in [2.45, 2.75) is 71.9 Å². The monoisotopic (exact) mass is 1310 g/mol. The second kappa shape index (κ2) is 28.1. The highest BCUT2D eigenvalue weighted by Gasteiger charge is 2.30. The van der Waals surface area contributed by atoms with Crippen molar-refractivity contribution in [3.8, 4) is 61.1 Å². The van der Waals surface area contributed by atoms with E-state index in [2.05, 4.69) is 66.3 Å². The van der Waals surface area contributed by atoms with Crippen LogP contribution in [-0.4, -0.2) is 131 Å². The number of aryl methyl sites for hydroxylation is 9. The average Bonchev–Trinajstić information content (AvgIpc) is 2.86. The summed E-state index contributed by atoms with van der Waals surface area (Å²) in [4.78, 5) is 69.0. The Morgan fingerprint density at radius 1 is 0.709 bits per heavy atom. The molecule has 6 N–H and O–H groups in total. The van der Waals surface area contributed by atoms with Crippen molar-refractivity contribution in [3.63, 3.8) is 0 Å². The summed E-state index contributed by atoms with van der Waals surface area (Å²) in [5.41, 5.74) is 12.9. The Kier molecular flexibility index (Phi) is 21.2. The molecular weight excluding hydrogens is 1260 g/mol. The van der Waals surface area contributed by atoms with Gasteiger partial charge in [0.05, 0.1) is 78.6 Å². The van der Waals surface area contributed by atoms with Gasteiger partial charge in [0.1, 0.15) is 45.7 Å². The van der Waals surface area contributed by atoms with E-state index in [9.17, 15) is 28.7 Å². The fourth-order valence-electron chi connectivity index (χ4n) is 8.84. The molecule has 0 amide bonds. The molecule has 9 aromatic heterocycles. The molecule has 1 fully saturated rings. The summed E-state index contributed by atoms with van der Waals surface area (Å²) in [5, 5.41) is 67.8. The van der Waals surface area contributed by atoms with Crippen LogP contribution in [-0.2, 0) is 41.2 Å². The molecular formula is C55H56BrClFN17O8S3. The predicted octanol–water partition coefficient (Wildman–Crippen LogP) is 8.91. The molecule has 0 saturated heterocycles. The van der Waals surface area contributed by atoms with Gasteiger partial charge in [0.15, 0.2) is 22.9 Å². The number of nitrogens with zero attached hydrogens (tertiary/aromatic N) is 16. The summed E-state index contributed by atoms with van der Waals surface area (Å²) in [5.74, 6) is -1.55. The number of Topliss-reactive ketones (excluding diaryl/α,β-unsaturated/α-hetero) is 1. The Balaban J connectivity index is 0.000000153. The maximum Gasteiger partial charge on any atom is 0.354 e. The minimum Gasteiger partial charge on any atom is -0.477 e. The average molecular weight is 1310 g/mol. The quantitative estimate of drug-likeness (QED) is 0.0754. The zero-order valence-electron chi connectivity index (χ0n) is 47.3. The van der Waals surface area contributed by atoms with Gasteiger partial charge < -0.3 is 26.2 Å². The minimum atomic E-state index is -1.08. The van der Waals surface area contributed by atoms with Crippen LogP contribution in [0.25, 0.3) is 55.0 Å². The van der Waals surface area contributed by atoms with Gasteiger partial charge in [-0.2, -0.15) is 30.8 Å². The lowest BCUT2D eigenvalue weighted by Gasteiger charge is -2.17. The molecule has 31 heteroatoms. The third-order valence-corrected chi connectivity index (χ3v) is 17.3. The van der Waals surface area contributed by atoms with E-state index in [0.717, 1.165) is 60.3 Å². The van der Waals surface area contributed by atoms with Crippen molar-refractivity contribution < 1.29 is 44.0 Å². The highest BCUT2D eigenvalue weighted by Crippen LogP contribution is 2.46. The fraction of sp³-hybridized carbons (Fsp3) is 0.291. The van der Waals surface area contributed by atoms with E-state index in [4.69, 9.17) is 26.3 Å². The van der Waals surface area contributed by atoms with Crippen LogP contribution in [0.15, 0.2) is 71.0 Å². The van der Waals surface area contributed by atoms with Crippen LogP contribution < -0.4 is 5.73 Å². The molecule has 1 aliphatic carbocycles. The summed E-state index contributed by atoms with van der Waals surface area (Å²) in [6.45, 7) is 7.96. The largest absolute Gasteiger partial charge is 0.477 e. The highest BCUT2D eigenvalue weighted by atomic mass is 79.9. The molecule has 2 aliphatic rings. The van der Waals surface area contributed by atoms with Crippen LogP contribution in [0.1, 0.15) is 105 Å². The van der Waals surface area contributed by atoms with Gasteiger partial charge in [-0.1, -0.05) is 18.2 Å². The first kappa shape index (κ1) is 65.0. The number of pyridine rings is 1. The number of hydrogen-bond acceptors (Lipinski definition) is 20. The molecule has 0 spiro atoms. The van der Waals surface area contributed by atoms with Gasteiger partial charge in [-0.25, -0.2) is 48.4 Å². The number of rotatable bonds is 11.